The van der Waals surface area contributed by atoms with E-state index in [0.717, 1.165) is 17.7 Å². The summed E-state index contributed by atoms with van der Waals surface area (Å²) in [6, 6.07) is 11.4. The SMILES string of the molecule is CO/N=C/c1ccc(C(=O)Nc2ccc(OC(F)(F)F)cc2)cc1. The second kappa shape index (κ2) is 7.49. The predicted molar refractivity (Wildman–Crippen MR) is 82.1 cm³/mol. The number of nitrogens with zero attached hydrogens (tertiary/aromatic N) is 1. The number of carbonyl (C=O) groups is 1. The summed E-state index contributed by atoms with van der Waals surface area (Å²) in [5.74, 6) is -0.753. The summed E-state index contributed by atoms with van der Waals surface area (Å²) in [5, 5.41) is 6.18. The highest BCUT2D eigenvalue weighted by atomic mass is 19.4. The number of ether oxygens (including phenoxy) is 1. The average molecular weight is 338 g/mol. The van der Waals surface area contributed by atoms with E-state index < -0.39 is 12.3 Å². The van der Waals surface area contributed by atoms with Crippen molar-refractivity contribution in [1.82, 2.24) is 0 Å². The molecule has 0 radical (unpaired) electrons. The van der Waals surface area contributed by atoms with Gasteiger partial charge in [-0.2, -0.15) is 0 Å². The number of rotatable bonds is 5. The van der Waals surface area contributed by atoms with Gasteiger partial charge >= 0.3 is 6.36 Å². The molecule has 126 valence electrons. The second-order valence-corrected chi connectivity index (χ2v) is 4.57. The van der Waals surface area contributed by atoms with Crippen molar-refractivity contribution in [1.29, 1.82) is 0 Å². The Balaban J connectivity index is 2.00. The van der Waals surface area contributed by atoms with Crippen LogP contribution in [0.15, 0.2) is 53.7 Å². The van der Waals surface area contributed by atoms with Gasteiger partial charge in [0.15, 0.2) is 0 Å². The first kappa shape index (κ1) is 17.3. The van der Waals surface area contributed by atoms with Gasteiger partial charge in [-0.3, -0.25) is 4.79 Å². The molecule has 0 spiro atoms. The van der Waals surface area contributed by atoms with Crippen molar-refractivity contribution in [2.45, 2.75) is 6.36 Å². The molecule has 0 saturated carbocycles. The summed E-state index contributed by atoms with van der Waals surface area (Å²) in [6.07, 6.45) is -3.26. The van der Waals surface area contributed by atoms with E-state index in [1.54, 1.807) is 24.3 Å². The van der Waals surface area contributed by atoms with Gasteiger partial charge in [-0.15, -0.1) is 13.2 Å². The third-order valence-corrected chi connectivity index (χ3v) is 2.83. The molecule has 8 heteroatoms. The lowest BCUT2D eigenvalue weighted by molar-refractivity contribution is -0.274. The third-order valence-electron chi connectivity index (χ3n) is 2.83. The lowest BCUT2D eigenvalue weighted by atomic mass is 10.1. The van der Waals surface area contributed by atoms with Crippen LogP contribution in [-0.2, 0) is 4.84 Å². The Morgan fingerprint density at radius 2 is 1.71 bits per heavy atom. The first-order chi connectivity index (χ1) is 11.4. The van der Waals surface area contributed by atoms with Crippen LogP contribution in [0, 0.1) is 0 Å². The fourth-order valence-corrected chi connectivity index (χ4v) is 1.78. The monoisotopic (exact) mass is 338 g/mol. The molecular formula is C16H13F3N2O3. The number of alkyl halides is 3. The molecule has 0 atom stereocenters. The molecule has 2 aromatic rings. The van der Waals surface area contributed by atoms with Gasteiger partial charge in [0.1, 0.15) is 12.9 Å². The van der Waals surface area contributed by atoms with Crippen molar-refractivity contribution in [2.75, 3.05) is 12.4 Å². The largest absolute Gasteiger partial charge is 0.573 e. The zero-order valence-corrected chi connectivity index (χ0v) is 12.5. The highest BCUT2D eigenvalue weighted by molar-refractivity contribution is 6.04. The molecule has 5 nitrogen and oxygen atoms in total. The molecule has 24 heavy (non-hydrogen) atoms. The topological polar surface area (TPSA) is 59.9 Å². The molecule has 0 aliphatic carbocycles. The Labute approximate surface area is 135 Å². The van der Waals surface area contributed by atoms with Crippen LogP contribution in [0.1, 0.15) is 15.9 Å². The van der Waals surface area contributed by atoms with Crippen molar-refractivity contribution in [3.05, 3.63) is 59.7 Å². The lowest BCUT2D eigenvalue weighted by Gasteiger charge is -2.10. The van der Waals surface area contributed by atoms with Crippen molar-refractivity contribution in [3.8, 4) is 5.75 Å². The molecule has 1 amide bonds. The molecule has 0 bridgehead atoms. The minimum atomic E-state index is -4.75. The maximum Gasteiger partial charge on any atom is 0.573 e. The van der Waals surface area contributed by atoms with Gasteiger partial charge in [0.2, 0.25) is 0 Å². The van der Waals surface area contributed by atoms with E-state index in [-0.39, 0.29) is 5.75 Å². The molecular weight excluding hydrogens is 325 g/mol. The van der Waals surface area contributed by atoms with Crippen molar-refractivity contribution < 1.29 is 27.5 Å². The summed E-state index contributed by atoms with van der Waals surface area (Å²) in [6.45, 7) is 0. The molecule has 0 aliphatic rings. The average Bonchev–Trinajstić information content (AvgIpc) is 2.54. The first-order valence-corrected chi connectivity index (χ1v) is 6.71. The number of oxime groups is 1. The molecule has 0 fully saturated rings. The van der Waals surface area contributed by atoms with Gasteiger partial charge in [-0.1, -0.05) is 17.3 Å². The van der Waals surface area contributed by atoms with Crippen LogP contribution >= 0.6 is 0 Å². The quantitative estimate of drug-likeness (QED) is 0.666. The molecule has 0 aliphatic heterocycles. The van der Waals surface area contributed by atoms with Crippen LogP contribution in [0.2, 0.25) is 0 Å². The molecule has 0 aromatic heterocycles. The number of halogens is 3. The van der Waals surface area contributed by atoms with Gasteiger partial charge in [-0.25, -0.2) is 0 Å². The number of anilines is 1. The van der Waals surface area contributed by atoms with Crippen molar-refractivity contribution >= 4 is 17.8 Å². The Bertz CT molecular complexity index is 711. The standard InChI is InChI=1S/C16H13F3N2O3/c1-23-20-10-11-2-4-12(5-3-11)15(22)21-13-6-8-14(9-7-13)24-16(17,18)19/h2-10H,1H3,(H,21,22)/b20-10+. The van der Waals surface area contributed by atoms with Crippen molar-refractivity contribution in [3.63, 3.8) is 0 Å². The van der Waals surface area contributed by atoms with Crippen LogP contribution < -0.4 is 10.1 Å². The normalized spacial score (nSPS) is 11.3. The van der Waals surface area contributed by atoms with E-state index in [4.69, 9.17) is 0 Å². The summed E-state index contributed by atoms with van der Waals surface area (Å²) in [4.78, 5) is 16.6. The van der Waals surface area contributed by atoms with Crippen LogP contribution in [0.5, 0.6) is 5.75 Å². The number of nitrogens with one attached hydrogen (secondary N) is 1. The van der Waals surface area contributed by atoms with Gasteiger partial charge in [0, 0.05) is 11.3 Å². The van der Waals surface area contributed by atoms with E-state index in [9.17, 15) is 18.0 Å². The Morgan fingerprint density at radius 3 is 2.25 bits per heavy atom. The Kier molecular flexibility index (Phi) is 5.41. The zero-order chi connectivity index (χ0) is 17.6. The molecule has 0 unspecified atom stereocenters. The van der Waals surface area contributed by atoms with E-state index in [1.807, 2.05) is 0 Å². The van der Waals surface area contributed by atoms with E-state index in [0.29, 0.717) is 11.3 Å². The van der Waals surface area contributed by atoms with Gasteiger partial charge in [-0.05, 0) is 42.0 Å². The minimum absolute atomic E-state index is 0.347. The Morgan fingerprint density at radius 1 is 1.08 bits per heavy atom. The maximum atomic E-state index is 12.1. The summed E-state index contributed by atoms with van der Waals surface area (Å²) < 4.78 is 40.0. The third kappa shape index (κ3) is 5.31. The first-order valence-electron chi connectivity index (χ1n) is 6.71. The van der Waals surface area contributed by atoms with E-state index >= 15 is 0 Å². The van der Waals surface area contributed by atoms with E-state index in [2.05, 4.69) is 20.0 Å². The van der Waals surface area contributed by atoms with Crippen LogP contribution in [-0.4, -0.2) is 25.6 Å². The summed E-state index contributed by atoms with van der Waals surface area (Å²) >= 11 is 0. The summed E-state index contributed by atoms with van der Waals surface area (Å²) in [7, 11) is 1.42. The fourth-order valence-electron chi connectivity index (χ4n) is 1.78. The number of benzene rings is 2. The Hall–Kier alpha value is -3.03. The highest BCUT2D eigenvalue weighted by Crippen LogP contribution is 2.24. The van der Waals surface area contributed by atoms with Crippen molar-refractivity contribution in [2.24, 2.45) is 5.16 Å². The molecule has 0 saturated heterocycles. The second-order valence-electron chi connectivity index (χ2n) is 4.57. The maximum absolute atomic E-state index is 12.1. The number of hydrogen-bond acceptors (Lipinski definition) is 4. The number of hydrogen-bond donors (Lipinski definition) is 1. The molecule has 2 rings (SSSR count). The molecule has 1 N–H and O–H groups in total. The predicted octanol–water partition coefficient (Wildman–Crippen LogP) is 3.82. The summed E-state index contributed by atoms with van der Waals surface area (Å²) in [5.41, 5.74) is 1.49. The smallest absolute Gasteiger partial charge is 0.406 e. The molecule has 2 aromatic carbocycles. The highest BCUT2D eigenvalue weighted by Gasteiger charge is 2.30. The van der Waals surface area contributed by atoms with Crippen LogP contribution in [0.4, 0.5) is 18.9 Å². The van der Waals surface area contributed by atoms with Gasteiger partial charge in [0.05, 0.1) is 6.21 Å². The lowest BCUT2D eigenvalue weighted by Crippen LogP contribution is -2.17. The zero-order valence-electron chi connectivity index (χ0n) is 12.5. The van der Waals surface area contributed by atoms with Gasteiger partial charge in [0.25, 0.3) is 5.91 Å². The van der Waals surface area contributed by atoms with E-state index in [1.165, 1.54) is 25.5 Å². The molecule has 0 heterocycles. The fraction of sp³-hybridized carbons (Fsp3) is 0.125. The number of carbonyl (C=O) groups excluding carboxylic acids is 1. The van der Waals surface area contributed by atoms with Crippen LogP contribution in [0.3, 0.4) is 0 Å². The van der Waals surface area contributed by atoms with Gasteiger partial charge < -0.3 is 14.9 Å². The minimum Gasteiger partial charge on any atom is -0.406 e. The number of amides is 1. The van der Waals surface area contributed by atoms with Crippen LogP contribution in [0.25, 0.3) is 0 Å².